The van der Waals surface area contributed by atoms with Gasteiger partial charge in [-0.1, -0.05) is 13.0 Å². The summed E-state index contributed by atoms with van der Waals surface area (Å²) in [6, 6.07) is 0.0738. The molecule has 2 heterocycles. The Balaban J connectivity index is 1.67. The second-order valence-electron chi connectivity index (χ2n) is 8.88. The summed E-state index contributed by atoms with van der Waals surface area (Å²) in [7, 11) is 0. The molecule has 1 aliphatic carbocycles. The van der Waals surface area contributed by atoms with Crippen molar-refractivity contribution in [3.63, 3.8) is 0 Å². The number of alkyl halides is 4. The first-order valence-electron chi connectivity index (χ1n) is 11.7. The van der Waals surface area contributed by atoms with E-state index in [4.69, 9.17) is 22.7 Å². The number of carbonyl (C=O) groups excluding carboxylic acids is 1. The fourth-order valence-corrected chi connectivity index (χ4v) is 4.63. The molecule has 2 fully saturated rings. The SMILES string of the molecule is CCN1CCN(C(=O)N(CC2=CC=C(C(=N)OC(N)C(F)(F)F)CN2)C2CCC(Cl)CC2)CC1. The van der Waals surface area contributed by atoms with Crippen LogP contribution in [-0.2, 0) is 4.74 Å². The third-order valence-electron chi connectivity index (χ3n) is 6.59. The lowest BCUT2D eigenvalue weighted by atomic mass is 9.93. The predicted molar refractivity (Wildman–Crippen MR) is 125 cm³/mol. The molecule has 8 nitrogen and oxygen atoms in total. The molecular weight excluding hydrogens is 473 g/mol. The van der Waals surface area contributed by atoms with Crippen LogP contribution in [0.2, 0.25) is 0 Å². The standard InChI is InChI=1S/C22H34ClF3N6O2/c1-2-30-9-11-31(12-10-30)21(33)32(18-7-4-16(23)5-8-18)14-17-6-3-15(13-29-17)19(27)34-20(28)22(24,25)26/h3,6,16,18,20,27,29H,2,4-5,7-14,28H2,1H3. The molecule has 2 amide bonds. The van der Waals surface area contributed by atoms with Crippen molar-refractivity contribution in [1.29, 1.82) is 5.41 Å². The number of allylic oxidation sites excluding steroid dienone is 2. The summed E-state index contributed by atoms with van der Waals surface area (Å²) in [6.45, 7) is 6.59. The van der Waals surface area contributed by atoms with Crippen molar-refractivity contribution in [3.8, 4) is 0 Å². The zero-order chi connectivity index (χ0) is 24.9. The topological polar surface area (TPSA) is 97.9 Å². The van der Waals surface area contributed by atoms with Crippen molar-refractivity contribution in [1.82, 2.24) is 20.0 Å². The minimum Gasteiger partial charge on any atom is -0.449 e. The zero-order valence-electron chi connectivity index (χ0n) is 19.4. The molecule has 0 radical (unpaired) electrons. The van der Waals surface area contributed by atoms with E-state index in [0.717, 1.165) is 51.0 Å². The smallest absolute Gasteiger partial charge is 0.439 e. The summed E-state index contributed by atoms with van der Waals surface area (Å²) in [6.07, 6.45) is -0.720. The van der Waals surface area contributed by atoms with Crippen LogP contribution in [0, 0.1) is 5.41 Å². The number of nitrogens with zero attached hydrogens (tertiary/aromatic N) is 3. The molecule has 12 heteroatoms. The molecule has 0 aromatic carbocycles. The molecule has 2 aliphatic heterocycles. The lowest BCUT2D eigenvalue weighted by molar-refractivity contribution is -0.196. The quantitative estimate of drug-likeness (QED) is 0.223. The Hall–Kier alpha value is -1.98. The number of carbonyl (C=O) groups is 1. The lowest BCUT2D eigenvalue weighted by Gasteiger charge is -2.42. The van der Waals surface area contributed by atoms with E-state index in [9.17, 15) is 18.0 Å². The van der Waals surface area contributed by atoms with E-state index >= 15 is 0 Å². The molecule has 192 valence electrons. The molecular formula is C22H34ClF3N6O2. The Morgan fingerprint density at radius 3 is 2.44 bits per heavy atom. The van der Waals surface area contributed by atoms with Gasteiger partial charge in [-0.15, -0.1) is 11.6 Å². The molecule has 0 aromatic rings. The van der Waals surface area contributed by atoms with Gasteiger partial charge in [-0.2, -0.15) is 13.2 Å². The molecule has 4 N–H and O–H groups in total. The Kier molecular flexibility index (Phi) is 9.11. The molecule has 1 saturated heterocycles. The van der Waals surface area contributed by atoms with Gasteiger partial charge < -0.3 is 24.8 Å². The average molecular weight is 507 g/mol. The Morgan fingerprint density at radius 2 is 1.91 bits per heavy atom. The average Bonchev–Trinajstić information content (AvgIpc) is 2.82. The number of nitrogens with two attached hydrogens (primary N) is 1. The summed E-state index contributed by atoms with van der Waals surface area (Å²) >= 11 is 6.29. The van der Waals surface area contributed by atoms with Crippen LogP contribution in [0.3, 0.4) is 0 Å². The van der Waals surface area contributed by atoms with E-state index in [0.29, 0.717) is 19.6 Å². The third-order valence-corrected chi connectivity index (χ3v) is 7.03. The number of amides is 2. The molecule has 1 unspecified atom stereocenters. The molecule has 34 heavy (non-hydrogen) atoms. The van der Waals surface area contributed by atoms with Crippen molar-refractivity contribution in [2.24, 2.45) is 5.73 Å². The van der Waals surface area contributed by atoms with Crippen molar-refractivity contribution >= 4 is 23.5 Å². The van der Waals surface area contributed by atoms with Gasteiger partial charge in [0.05, 0.1) is 6.54 Å². The molecule has 0 spiro atoms. The van der Waals surface area contributed by atoms with Crippen LogP contribution in [0.25, 0.3) is 0 Å². The molecule has 0 bridgehead atoms. The Bertz CT molecular complexity index is 790. The number of piperazine rings is 1. The van der Waals surface area contributed by atoms with Crippen molar-refractivity contribution in [2.45, 2.75) is 56.4 Å². The van der Waals surface area contributed by atoms with E-state index in [1.54, 1.807) is 6.08 Å². The number of halogens is 4. The van der Waals surface area contributed by atoms with E-state index in [1.165, 1.54) is 6.08 Å². The van der Waals surface area contributed by atoms with E-state index in [-0.39, 0.29) is 29.6 Å². The molecule has 3 aliphatic rings. The van der Waals surface area contributed by atoms with Gasteiger partial charge in [0.2, 0.25) is 12.1 Å². The summed E-state index contributed by atoms with van der Waals surface area (Å²) in [5.74, 6) is -0.630. The van der Waals surface area contributed by atoms with E-state index in [2.05, 4.69) is 21.9 Å². The van der Waals surface area contributed by atoms with Crippen LogP contribution in [0.5, 0.6) is 0 Å². The molecule has 0 aromatic heterocycles. The number of rotatable bonds is 6. The van der Waals surface area contributed by atoms with Crippen LogP contribution in [0.1, 0.15) is 32.6 Å². The number of ether oxygens (including phenoxy) is 1. The van der Waals surface area contributed by atoms with Crippen molar-refractivity contribution in [2.75, 3.05) is 45.8 Å². The lowest BCUT2D eigenvalue weighted by Crippen LogP contribution is -2.56. The molecule has 1 atom stereocenters. The second-order valence-corrected chi connectivity index (χ2v) is 9.50. The van der Waals surface area contributed by atoms with Gasteiger partial charge in [-0.05, 0) is 38.3 Å². The van der Waals surface area contributed by atoms with E-state index in [1.807, 2.05) is 9.80 Å². The number of dihydropyridines is 1. The van der Waals surface area contributed by atoms with Crippen LogP contribution in [0.15, 0.2) is 23.4 Å². The van der Waals surface area contributed by atoms with Crippen LogP contribution in [0.4, 0.5) is 18.0 Å². The maximum atomic E-state index is 13.5. The minimum atomic E-state index is -4.75. The first kappa shape index (κ1) is 26.6. The van der Waals surface area contributed by atoms with Gasteiger partial charge in [-0.3, -0.25) is 11.1 Å². The number of hydrogen-bond donors (Lipinski definition) is 3. The summed E-state index contributed by atoms with van der Waals surface area (Å²) in [5.41, 5.74) is 5.96. The highest BCUT2D eigenvalue weighted by atomic mass is 35.5. The monoisotopic (exact) mass is 506 g/mol. The maximum absolute atomic E-state index is 13.5. The van der Waals surface area contributed by atoms with Gasteiger partial charge >= 0.3 is 12.2 Å². The zero-order valence-corrected chi connectivity index (χ0v) is 20.2. The van der Waals surface area contributed by atoms with E-state index < -0.39 is 18.3 Å². The predicted octanol–water partition coefficient (Wildman–Crippen LogP) is 2.85. The van der Waals surface area contributed by atoms with Crippen molar-refractivity contribution in [3.05, 3.63) is 23.4 Å². The van der Waals surface area contributed by atoms with Gasteiger partial charge in [0.15, 0.2) is 0 Å². The van der Waals surface area contributed by atoms with Gasteiger partial charge in [0.25, 0.3) is 0 Å². The third kappa shape index (κ3) is 7.02. The van der Waals surface area contributed by atoms with Crippen molar-refractivity contribution < 1.29 is 22.7 Å². The van der Waals surface area contributed by atoms with Crippen LogP contribution < -0.4 is 11.1 Å². The van der Waals surface area contributed by atoms with Crippen LogP contribution >= 0.6 is 11.6 Å². The first-order chi connectivity index (χ1) is 16.1. The van der Waals surface area contributed by atoms with Gasteiger partial charge in [0.1, 0.15) is 0 Å². The fraction of sp³-hybridized carbons (Fsp3) is 0.727. The fourth-order valence-electron chi connectivity index (χ4n) is 4.38. The van der Waals surface area contributed by atoms with Gasteiger partial charge in [-0.25, -0.2) is 4.79 Å². The van der Waals surface area contributed by atoms with Gasteiger partial charge in [0, 0.05) is 55.4 Å². The Labute approximate surface area is 203 Å². The minimum absolute atomic E-state index is 0.00141. The number of likely N-dealkylation sites (N-methyl/N-ethyl adjacent to an activating group) is 1. The first-order valence-corrected chi connectivity index (χ1v) is 12.2. The summed E-state index contributed by atoms with van der Waals surface area (Å²) < 4.78 is 42.3. The normalized spacial score (nSPS) is 25.1. The molecule has 1 saturated carbocycles. The highest BCUT2D eigenvalue weighted by molar-refractivity contribution is 6.20. The number of urea groups is 1. The highest BCUT2D eigenvalue weighted by Crippen LogP contribution is 2.28. The summed E-state index contributed by atoms with van der Waals surface area (Å²) in [4.78, 5) is 19.6. The number of hydrogen-bond acceptors (Lipinski definition) is 6. The summed E-state index contributed by atoms with van der Waals surface area (Å²) in [5, 5.41) is 11.0. The number of nitrogens with one attached hydrogen (secondary N) is 2. The second kappa shape index (κ2) is 11.6. The largest absolute Gasteiger partial charge is 0.449 e. The Morgan fingerprint density at radius 1 is 1.26 bits per heavy atom. The maximum Gasteiger partial charge on any atom is 0.439 e. The van der Waals surface area contributed by atoms with Crippen LogP contribution in [-0.4, -0.2) is 96.3 Å². The highest BCUT2D eigenvalue weighted by Gasteiger charge is 2.40. The molecule has 3 rings (SSSR count).